The van der Waals surface area contributed by atoms with E-state index in [0.717, 1.165) is 37.3 Å². The Morgan fingerprint density at radius 3 is 2.86 bits per heavy atom. The van der Waals surface area contributed by atoms with Gasteiger partial charge in [-0.15, -0.1) is 0 Å². The van der Waals surface area contributed by atoms with Crippen molar-refractivity contribution in [2.75, 3.05) is 24.5 Å². The summed E-state index contributed by atoms with van der Waals surface area (Å²) >= 11 is 0. The van der Waals surface area contributed by atoms with Crippen molar-refractivity contribution in [2.45, 2.75) is 58.9 Å². The highest BCUT2D eigenvalue weighted by Crippen LogP contribution is 2.27. The van der Waals surface area contributed by atoms with Crippen LogP contribution in [0.5, 0.6) is 0 Å². The minimum atomic E-state index is -0.0752. The van der Waals surface area contributed by atoms with Gasteiger partial charge in [-0.1, -0.05) is 32.8 Å². The predicted molar refractivity (Wildman–Crippen MR) is 93.0 cm³/mol. The first-order chi connectivity index (χ1) is 10.6. The molecule has 0 amide bonds. The zero-order valence-electron chi connectivity index (χ0n) is 14.4. The number of halogens is 1. The first-order valence-electron chi connectivity index (χ1n) is 8.89. The van der Waals surface area contributed by atoms with E-state index in [4.69, 9.17) is 0 Å². The highest BCUT2D eigenvalue weighted by molar-refractivity contribution is 5.50. The van der Waals surface area contributed by atoms with Crippen LogP contribution in [-0.2, 0) is 0 Å². The van der Waals surface area contributed by atoms with Gasteiger partial charge < -0.3 is 10.2 Å². The molecule has 0 saturated carbocycles. The molecule has 0 unspecified atom stereocenters. The zero-order valence-corrected chi connectivity index (χ0v) is 14.4. The number of unbranched alkanes of at least 4 members (excludes halogenated alkanes) is 2. The summed E-state index contributed by atoms with van der Waals surface area (Å²) in [6, 6.07) is 5.97. The largest absolute Gasteiger partial charge is 0.369 e. The first-order valence-corrected chi connectivity index (χ1v) is 8.89. The molecule has 1 aromatic rings. The van der Waals surface area contributed by atoms with Crippen LogP contribution in [0.15, 0.2) is 18.2 Å². The third-order valence-corrected chi connectivity index (χ3v) is 4.70. The Hall–Kier alpha value is -1.09. The number of rotatable bonds is 7. The summed E-state index contributed by atoms with van der Waals surface area (Å²) in [7, 11) is 0. The Morgan fingerprint density at radius 2 is 2.18 bits per heavy atom. The van der Waals surface area contributed by atoms with E-state index in [1.807, 2.05) is 6.07 Å². The number of anilines is 1. The Kier molecular flexibility index (Phi) is 6.69. The van der Waals surface area contributed by atoms with Crippen molar-refractivity contribution >= 4 is 5.69 Å². The molecule has 2 atom stereocenters. The van der Waals surface area contributed by atoms with Gasteiger partial charge in [0.15, 0.2) is 0 Å². The maximum Gasteiger partial charge on any atom is 0.146 e. The highest BCUT2D eigenvalue weighted by atomic mass is 19.1. The van der Waals surface area contributed by atoms with Crippen LogP contribution in [0.2, 0.25) is 0 Å². The van der Waals surface area contributed by atoms with Crippen LogP contribution < -0.4 is 10.2 Å². The van der Waals surface area contributed by atoms with Crippen LogP contribution in [0.25, 0.3) is 0 Å². The van der Waals surface area contributed by atoms with Crippen molar-refractivity contribution in [3.63, 3.8) is 0 Å². The van der Waals surface area contributed by atoms with Crippen molar-refractivity contribution in [2.24, 2.45) is 5.92 Å². The minimum Gasteiger partial charge on any atom is -0.369 e. The van der Waals surface area contributed by atoms with Crippen molar-refractivity contribution < 1.29 is 4.39 Å². The summed E-state index contributed by atoms with van der Waals surface area (Å²) < 4.78 is 14.5. The number of nitrogens with zero attached hydrogens (tertiary/aromatic N) is 1. The molecular weight excluding hydrogens is 275 g/mol. The van der Waals surface area contributed by atoms with Crippen molar-refractivity contribution in [3.05, 3.63) is 29.6 Å². The number of hydrogen-bond donors (Lipinski definition) is 1. The van der Waals surface area contributed by atoms with Crippen LogP contribution in [-0.4, -0.2) is 19.6 Å². The Morgan fingerprint density at radius 1 is 1.36 bits per heavy atom. The molecule has 2 rings (SSSR count). The molecule has 22 heavy (non-hydrogen) atoms. The van der Waals surface area contributed by atoms with E-state index in [2.05, 4.69) is 37.1 Å². The highest BCUT2D eigenvalue weighted by Gasteiger charge is 2.19. The first kappa shape index (κ1) is 17.3. The quantitative estimate of drug-likeness (QED) is 0.721. The number of benzene rings is 1. The van der Waals surface area contributed by atoms with Gasteiger partial charge in [0.05, 0.1) is 5.69 Å². The molecule has 0 aromatic heterocycles. The molecule has 1 saturated heterocycles. The molecular formula is C19H31FN2. The molecule has 0 aliphatic carbocycles. The molecule has 1 fully saturated rings. The van der Waals surface area contributed by atoms with E-state index in [1.54, 1.807) is 6.07 Å². The maximum atomic E-state index is 14.5. The lowest BCUT2D eigenvalue weighted by atomic mass is 9.99. The molecule has 2 nitrogen and oxygen atoms in total. The Labute approximate surface area is 135 Å². The second-order valence-electron chi connectivity index (χ2n) is 6.79. The average molecular weight is 306 g/mol. The summed E-state index contributed by atoms with van der Waals surface area (Å²) in [4.78, 5) is 2.20. The fraction of sp³-hybridized carbons (Fsp3) is 0.684. The van der Waals surface area contributed by atoms with Crippen LogP contribution in [0.1, 0.15) is 64.5 Å². The third kappa shape index (κ3) is 4.70. The standard InChI is InChI=1S/C19H31FN2/c1-4-5-6-11-21-16(3)17-9-10-19(18(20)13-17)22-12-7-8-15(2)14-22/h9-10,13,15-16,21H,4-8,11-12,14H2,1-3H3/t15-,16+/m0/s1. The minimum absolute atomic E-state index is 0.0752. The van der Waals surface area contributed by atoms with Crippen molar-refractivity contribution in [3.8, 4) is 0 Å². The van der Waals surface area contributed by atoms with Crippen LogP contribution in [0.3, 0.4) is 0 Å². The lowest BCUT2D eigenvalue weighted by Gasteiger charge is -2.33. The summed E-state index contributed by atoms with van der Waals surface area (Å²) in [5, 5.41) is 3.49. The summed E-state index contributed by atoms with van der Waals surface area (Å²) in [5.41, 5.74) is 1.82. The van der Waals surface area contributed by atoms with Gasteiger partial charge in [0.25, 0.3) is 0 Å². The van der Waals surface area contributed by atoms with Gasteiger partial charge in [-0.3, -0.25) is 0 Å². The number of piperidine rings is 1. The lowest BCUT2D eigenvalue weighted by molar-refractivity contribution is 0.442. The normalized spacial score (nSPS) is 20.2. The Balaban J connectivity index is 1.96. The summed E-state index contributed by atoms with van der Waals surface area (Å²) in [6.45, 7) is 9.53. The molecule has 0 radical (unpaired) electrons. The van der Waals surface area contributed by atoms with E-state index in [0.29, 0.717) is 5.92 Å². The van der Waals surface area contributed by atoms with Crippen molar-refractivity contribution in [1.29, 1.82) is 0 Å². The average Bonchev–Trinajstić information content (AvgIpc) is 2.51. The van der Waals surface area contributed by atoms with E-state index in [-0.39, 0.29) is 11.9 Å². The fourth-order valence-electron chi connectivity index (χ4n) is 3.27. The second-order valence-corrected chi connectivity index (χ2v) is 6.79. The lowest BCUT2D eigenvalue weighted by Crippen LogP contribution is -2.34. The maximum absolute atomic E-state index is 14.5. The van der Waals surface area contributed by atoms with E-state index >= 15 is 0 Å². The predicted octanol–water partition coefficient (Wildman–Crippen LogP) is 4.90. The second kappa shape index (κ2) is 8.52. The number of nitrogens with one attached hydrogen (secondary N) is 1. The van der Waals surface area contributed by atoms with Gasteiger partial charge in [-0.2, -0.15) is 0 Å². The summed E-state index contributed by atoms with van der Waals surface area (Å²) in [5.74, 6) is 0.584. The topological polar surface area (TPSA) is 15.3 Å². The molecule has 0 spiro atoms. The van der Waals surface area contributed by atoms with Gasteiger partial charge >= 0.3 is 0 Å². The van der Waals surface area contributed by atoms with E-state index < -0.39 is 0 Å². The van der Waals surface area contributed by atoms with Crippen LogP contribution in [0, 0.1) is 11.7 Å². The number of hydrogen-bond acceptors (Lipinski definition) is 2. The van der Waals surface area contributed by atoms with Crippen molar-refractivity contribution in [1.82, 2.24) is 5.32 Å². The molecule has 0 bridgehead atoms. The van der Waals surface area contributed by atoms with Crippen LogP contribution in [0.4, 0.5) is 10.1 Å². The van der Waals surface area contributed by atoms with E-state index in [1.165, 1.54) is 25.7 Å². The molecule has 1 N–H and O–H groups in total. The van der Waals surface area contributed by atoms with Crippen LogP contribution >= 0.6 is 0 Å². The smallest absolute Gasteiger partial charge is 0.146 e. The Bertz CT molecular complexity index is 461. The third-order valence-electron chi connectivity index (χ3n) is 4.70. The fourth-order valence-corrected chi connectivity index (χ4v) is 3.27. The molecule has 1 heterocycles. The molecule has 3 heteroatoms. The van der Waals surface area contributed by atoms with Gasteiger partial charge in [0.1, 0.15) is 5.82 Å². The SMILES string of the molecule is CCCCCN[C@H](C)c1ccc(N2CCC[C@H](C)C2)c(F)c1. The molecule has 1 aromatic carbocycles. The zero-order chi connectivity index (χ0) is 15.9. The summed E-state index contributed by atoms with van der Waals surface area (Å²) in [6.07, 6.45) is 6.09. The monoisotopic (exact) mass is 306 g/mol. The molecule has 124 valence electrons. The van der Waals surface area contributed by atoms with Gasteiger partial charge in [-0.05, 0) is 56.3 Å². The van der Waals surface area contributed by atoms with E-state index in [9.17, 15) is 4.39 Å². The van der Waals surface area contributed by atoms with Gasteiger partial charge in [-0.25, -0.2) is 4.39 Å². The molecule has 1 aliphatic rings. The van der Waals surface area contributed by atoms with Gasteiger partial charge in [0.2, 0.25) is 0 Å². The molecule has 1 aliphatic heterocycles. The van der Waals surface area contributed by atoms with Gasteiger partial charge in [0, 0.05) is 19.1 Å².